The van der Waals surface area contributed by atoms with Crippen molar-refractivity contribution in [1.29, 1.82) is 0 Å². The van der Waals surface area contributed by atoms with Crippen LogP contribution in [0.4, 0.5) is 11.5 Å². The molecule has 3 aromatic rings. The minimum atomic E-state index is -1.26. The van der Waals surface area contributed by atoms with Crippen LogP contribution in [0.1, 0.15) is 27.3 Å². The molecule has 178 valence electrons. The average molecular weight is 522 g/mol. The van der Waals surface area contributed by atoms with E-state index >= 15 is 0 Å². The van der Waals surface area contributed by atoms with E-state index in [2.05, 4.69) is 25.4 Å². The van der Waals surface area contributed by atoms with E-state index in [4.69, 9.17) is 28.1 Å². The fraction of sp³-hybridized carbons (Fsp3) is 0.182. The van der Waals surface area contributed by atoms with E-state index in [0.717, 1.165) is 0 Å². The Morgan fingerprint density at radius 2 is 1.94 bits per heavy atom. The summed E-state index contributed by atoms with van der Waals surface area (Å²) in [5.74, 6) is -0.541. The van der Waals surface area contributed by atoms with Gasteiger partial charge in [-0.25, -0.2) is 14.8 Å². The van der Waals surface area contributed by atoms with E-state index in [-0.39, 0.29) is 35.1 Å². The highest BCUT2D eigenvalue weighted by atomic mass is 35.5. The standard InChI is InChI=1S/C22H21Cl2N5O4S/c1-34(32)15-6-7-16(18(12-15)33-11-3-10-27-24)21(30)28-17-4-2-9-25-20(17)22(31)29-19-8-5-14(23)13-26-19/h2,4-9,12-13,27H,3,10-11H2,1H3,(H,28,30)(H,26,29,31). The predicted octanol–water partition coefficient (Wildman–Crippen LogP) is 3.88. The second-order valence-electron chi connectivity index (χ2n) is 6.87. The van der Waals surface area contributed by atoms with E-state index in [1.807, 2.05) is 0 Å². The molecular formula is C22H21Cl2N5O4S. The summed E-state index contributed by atoms with van der Waals surface area (Å²) in [5, 5.41) is 5.74. The lowest BCUT2D eigenvalue weighted by atomic mass is 10.1. The predicted molar refractivity (Wildman–Crippen MR) is 132 cm³/mol. The van der Waals surface area contributed by atoms with Gasteiger partial charge in [-0.05, 0) is 65.8 Å². The van der Waals surface area contributed by atoms with Gasteiger partial charge in [-0.3, -0.25) is 9.59 Å². The third-order valence-corrected chi connectivity index (χ3v) is 5.77. The number of halogens is 2. The number of hydrogen-bond donors (Lipinski definition) is 3. The molecule has 0 saturated heterocycles. The van der Waals surface area contributed by atoms with Gasteiger partial charge in [-0.1, -0.05) is 11.6 Å². The molecule has 0 aliphatic heterocycles. The summed E-state index contributed by atoms with van der Waals surface area (Å²) in [5.41, 5.74) is 0.400. The molecule has 0 aliphatic rings. The minimum absolute atomic E-state index is 0.00506. The molecule has 34 heavy (non-hydrogen) atoms. The molecule has 2 amide bonds. The van der Waals surface area contributed by atoms with Crippen molar-refractivity contribution in [3.8, 4) is 5.75 Å². The fourth-order valence-corrected chi connectivity index (χ4v) is 3.59. The van der Waals surface area contributed by atoms with Crippen LogP contribution in [0.5, 0.6) is 5.75 Å². The smallest absolute Gasteiger partial charge is 0.277 e. The molecule has 12 heteroatoms. The van der Waals surface area contributed by atoms with Crippen molar-refractivity contribution in [1.82, 2.24) is 14.8 Å². The summed E-state index contributed by atoms with van der Waals surface area (Å²) in [6, 6.07) is 10.9. The lowest BCUT2D eigenvalue weighted by Crippen LogP contribution is -2.20. The SMILES string of the molecule is C[S+]([O-])c1ccc(C(=O)Nc2cccnc2C(=O)Nc2ccc(Cl)cn2)c(OCCCNCl)c1. The van der Waals surface area contributed by atoms with Gasteiger partial charge in [0.2, 0.25) is 0 Å². The molecule has 0 fully saturated rings. The maximum absolute atomic E-state index is 13.1. The molecule has 2 heterocycles. The van der Waals surface area contributed by atoms with Gasteiger partial charge in [0.25, 0.3) is 11.8 Å². The molecule has 9 nitrogen and oxygen atoms in total. The van der Waals surface area contributed by atoms with E-state index in [0.29, 0.717) is 22.9 Å². The largest absolute Gasteiger partial charge is 0.612 e. The third kappa shape index (κ3) is 7.05. The number of nitrogens with zero attached hydrogens (tertiary/aromatic N) is 2. The van der Waals surface area contributed by atoms with Gasteiger partial charge >= 0.3 is 0 Å². The van der Waals surface area contributed by atoms with Crippen LogP contribution in [0.2, 0.25) is 5.02 Å². The minimum Gasteiger partial charge on any atom is -0.612 e. The normalized spacial score (nSPS) is 11.5. The van der Waals surface area contributed by atoms with Gasteiger partial charge in [0.15, 0.2) is 10.6 Å². The Kier molecular flexibility index (Phi) is 9.49. The summed E-state index contributed by atoms with van der Waals surface area (Å²) in [6.07, 6.45) is 4.96. The van der Waals surface area contributed by atoms with Gasteiger partial charge in [0, 0.05) is 25.0 Å². The molecule has 0 saturated carbocycles. The zero-order valence-corrected chi connectivity index (χ0v) is 20.3. The monoisotopic (exact) mass is 521 g/mol. The number of benzene rings is 1. The zero-order chi connectivity index (χ0) is 24.5. The van der Waals surface area contributed by atoms with Gasteiger partial charge in [-0.2, -0.15) is 0 Å². The van der Waals surface area contributed by atoms with Crippen LogP contribution in [-0.2, 0) is 11.2 Å². The Labute approximate surface area is 209 Å². The molecule has 1 atom stereocenters. The highest BCUT2D eigenvalue weighted by Gasteiger charge is 2.20. The number of anilines is 2. The second kappa shape index (κ2) is 12.5. The number of pyridine rings is 2. The molecule has 2 aromatic heterocycles. The van der Waals surface area contributed by atoms with Gasteiger partial charge in [-0.15, -0.1) is 0 Å². The van der Waals surface area contributed by atoms with Crippen molar-refractivity contribution in [3.63, 3.8) is 0 Å². The molecule has 0 spiro atoms. The highest BCUT2D eigenvalue weighted by Crippen LogP contribution is 2.25. The van der Waals surface area contributed by atoms with Gasteiger partial charge < -0.3 is 19.9 Å². The maximum atomic E-state index is 13.1. The summed E-state index contributed by atoms with van der Waals surface area (Å²) in [4.78, 5) is 37.0. The lowest BCUT2D eigenvalue weighted by Gasteiger charge is -2.15. The van der Waals surface area contributed by atoms with Crippen molar-refractivity contribution in [2.75, 3.05) is 30.0 Å². The lowest BCUT2D eigenvalue weighted by molar-refractivity contribution is 0.102. The fourth-order valence-electron chi connectivity index (χ4n) is 2.81. The molecular weight excluding hydrogens is 501 g/mol. The third-order valence-electron chi connectivity index (χ3n) is 4.44. The van der Waals surface area contributed by atoms with Crippen molar-refractivity contribution in [2.45, 2.75) is 11.3 Å². The number of carbonyl (C=O) groups excluding carboxylic acids is 2. The molecule has 3 rings (SSSR count). The van der Waals surface area contributed by atoms with Gasteiger partial charge in [0.05, 0.1) is 22.9 Å². The number of aromatic nitrogens is 2. The Bertz CT molecular complexity index is 1150. The maximum Gasteiger partial charge on any atom is 0.277 e. The average Bonchev–Trinajstić information content (AvgIpc) is 2.83. The van der Waals surface area contributed by atoms with Crippen LogP contribution in [-0.4, -0.2) is 45.7 Å². The van der Waals surface area contributed by atoms with Crippen molar-refractivity contribution in [3.05, 3.63) is 71.1 Å². The summed E-state index contributed by atoms with van der Waals surface area (Å²) in [7, 11) is 0. The van der Waals surface area contributed by atoms with Crippen LogP contribution in [0.3, 0.4) is 0 Å². The van der Waals surface area contributed by atoms with E-state index in [1.54, 1.807) is 36.4 Å². The first-order chi connectivity index (χ1) is 16.4. The first-order valence-corrected chi connectivity index (χ1v) is 12.3. The number of carbonyl (C=O) groups is 2. The van der Waals surface area contributed by atoms with Crippen molar-refractivity contribution in [2.24, 2.45) is 0 Å². The number of amides is 2. The Balaban J connectivity index is 1.81. The first-order valence-electron chi connectivity index (χ1n) is 10.0. The molecule has 0 radical (unpaired) electrons. The summed E-state index contributed by atoms with van der Waals surface area (Å²) < 4.78 is 17.6. The Hall–Kier alpha value is -2.89. The van der Waals surface area contributed by atoms with Crippen LogP contribution < -0.4 is 20.2 Å². The van der Waals surface area contributed by atoms with E-state index < -0.39 is 23.0 Å². The number of hydrogen-bond acceptors (Lipinski definition) is 7. The second-order valence-corrected chi connectivity index (χ2v) is 8.95. The Morgan fingerprint density at radius 3 is 2.65 bits per heavy atom. The Morgan fingerprint density at radius 1 is 1.12 bits per heavy atom. The van der Waals surface area contributed by atoms with Crippen molar-refractivity contribution < 1.29 is 18.9 Å². The highest BCUT2D eigenvalue weighted by molar-refractivity contribution is 7.90. The van der Waals surface area contributed by atoms with Crippen LogP contribution >= 0.6 is 23.4 Å². The molecule has 0 bridgehead atoms. The summed E-state index contributed by atoms with van der Waals surface area (Å²) >= 11 is 10.0. The first kappa shape index (κ1) is 25.7. The van der Waals surface area contributed by atoms with E-state index in [1.165, 1.54) is 24.7 Å². The number of ether oxygens (including phenoxy) is 1. The zero-order valence-electron chi connectivity index (χ0n) is 18.0. The topological polar surface area (TPSA) is 128 Å². The van der Waals surface area contributed by atoms with Gasteiger partial charge in [0.1, 0.15) is 17.8 Å². The molecule has 1 unspecified atom stereocenters. The molecule has 0 aliphatic carbocycles. The molecule has 3 N–H and O–H groups in total. The van der Waals surface area contributed by atoms with Crippen LogP contribution in [0.15, 0.2) is 59.8 Å². The van der Waals surface area contributed by atoms with Crippen LogP contribution in [0, 0.1) is 0 Å². The number of rotatable bonds is 10. The van der Waals surface area contributed by atoms with E-state index in [9.17, 15) is 14.1 Å². The quantitative estimate of drug-likeness (QED) is 0.209. The van der Waals surface area contributed by atoms with Crippen molar-refractivity contribution >= 4 is 57.9 Å². The molecule has 1 aromatic carbocycles. The van der Waals surface area contributed by atoms with Crippen LogP contribution in [0.25, 0.3) is 0 Å². The summed E-state index contributed by atoms with van der Waals surface area (Å²) in [6.45, 7) is 0.799. The number of nitrogens with one attached hydrogen (secondary N) is 3.